The zero-order chi connectivity index (χ0) is 20.1. The molecule has 0 bridgehead atoms. The SMILES string of the molecule is COc1ccc(S(=O)(=O)Nc2ccc(N(C)Cc3ccccc3)nc2)cc1C. The first-order valence-electron chi connectivity index (χ1n) is 8.77. The van der Waals surface area contributed by atoms with Gasteiger partial charge in [-0.3, -0.25) is 4.72 Å². The van der Waals surface area contributed by atoms with Gasteiger partial charge in [0.25, 0.3) is 10.0 Å². The van der Waals surface area contributed by atoms with Gasteiger partial charge in [0.2, 0.25) is 0 Å². The molecule has 0 unspecified atom stereocenters. The lowest BCUT2D eigenvalue weighted by atomic mass is 10.2. The molecule has 0 saturated carbocycles. The monoisotopic (exact) mass is 397 g/mol. The fraction of sp³-hybridized carbons (Fsp3) is 0.190. The first-order valence-corrected chi connectivity index (χ1v) is 10.3. The molecule has 1 heterocycles. The van der Waals surface area contributed by atoms with Gasteiger partial charge >= 0.3 is 0 Å². The molecule has 1 aromatic heterocycles. The van der Waals surface area contributed by atoms with E-state index in [-0.39, 0.29) is 4.90 Å². The number of hydrogen-bond donors (Lipinski definition) is 1. The Balaban J connectivity index is 1.72. The number of rotatable bonds is 7. The molecule has 0 amide bonds. The van der Waals surface area contributed by atoms with Crippen LogP contribution in [-0.2, 0) is 16.6 Å². The summed E-state index contributed by atoms with van der Waals surface area (Å²) in [6.07, 6.45) is 1.52. The molecule has 28 heavy (non-hydrogen) atoms. The van der Waals surface area contributed by atoms with E-state index in [1.165, 1.54) is 17.8 Å². The maximum atomic E-state index is 12.6. The van der Waals surface area contributed by atoms with Crippen LogP contribution in [0, 0.1) is 6.92 Å². The number of benzene rings is 2. The third-order valence-electron chi connectivity index (χ3n) is 4.33. The number of methoxy groups -OCH3 is 1. The number of hydrogen-bond acceptors (Lipinski definition) is 5. The minimum absolute atomic E-state index is 0.177. The van der Waals surface area contributed by atoms with Gasteiger partial charge in [0.15, 0.2) is 0 Å². The van der Waals surface area contributed by atoms with Gasteiger partial charge in [0, 0.05) is 13.6 Å². The third kappa shape index (κ3) is 4.61. The number of nitrogens with zero attached hydrogens (tertiary/aromatic N) is 2. The molecule has 3 rings (SSSR count). The van der Waals surface area contributed by atoms with E-state index in [9.17, 15) is 8.42 Å². The van der Waals surface area contributed by atoms with Gasteiger partial charge in [-0.2, -0.15) is 0 Å². The second kappa shape index (κ2) is 8.31. The molecule has 0 radical (unpaired) electrons. The van der Waals surface area contributed by atoms with Crippen LogP contribution in [-0.4, -0.2) is 27.6 Å². The van der Waals surface area contributed by atoms with Crippen molar-refractivity contribution in [3.8, 4) is 5.75 Å². The first kappa shape index (κ1) is 19.7. The predicted molar refractivity (Wildman–Crippen MR) is 111 cm³/mol. The first-order chi connectivity index (χ1) is 13.4. The summed E-state index contributed by atoms with van der Waals surface area (Å²) in [6.45, 7) is 2.51. The van der Waals surface area contributed by atoms with Crippen molar-refractivity contribution in [2.24, 2.45) is 0 Å². The Kier molecular flexibility index (Phi) is 5.84. The van der Waals surface area contributed by atoms with Crippen molar-refractivity contribution in [1.29, 1.82) is 0 Å². The molecule has 3 aromatic rings. The van der Waals surface area contributed by atoms with Crippen LogP contribution in [0.4, 0.5) is 11.5 Å². The maximum absolute atomic E-state index is 12.6. The van der Waals surface area contributed by atoms with E-state index in [0.29, 0.717) is 18.0 Å². The fourth-order valence-corrected chi connectivity index (χ4v) is 3.97. The van der Waals surface area contributed by atoms with Crippen LogP contribution in [0.5, 0.6) is 5.75 Å². The molecule has 0 fully saturated rings. The van der Waals surface area contributed by atoms with Crippen LogP contribution in [0.2, 0.25) is 0 Å². The van der Waals surface area contributed by atoms with Crippen LogP contribution in [0.3, 0.4) is 0 Å². The van der Waals surface area contributed by atoms with Crippen molar-refractivity contribution in [2.75, 3.05) is 23.8 Å². The molecular weight excluding hydrogens is 374 g/mol. The number of nitrogens with one attached hydrogen (secondary N) is 1. The normalized spacial score (nSPS) is 11.1. The van der Waals surface area contributed by atoms with Crippen molar-refractivity contribution >= 4 is 21.5 Å². The van der Waals surface area contributed by atoms with E-state index < -0.39 is 10.0 Å². The number of aryl methyl sites for hydroxylation is 1. The maximum Gasteiger partial charge on any atom is 0.261 e. The van der Waals surface area contributed by atoms with Crippen LogP contribution < -0.4 is 14.4 Å². The highest BCUT2D eigenvalue weighted by Gasteiger charge is 2.16. The molecule has 2 aromatic carbocycles. The Morgan fingerprint density at radius 3 is 2.43 bits per heavy atom. The smallest absolute Gasteiger partial charge is 0.261 e. The van der Waals surface area contributed by atoms with Gasteiger partial charge in [-0.05, 0) is 48.4 Å². The summed E-state index contributed by atoms with van der Waals surface area (Å²) in [5.74, 6) is 1.40. The zero-order valence-electron chi connectivity index (χ0n) is 16.1. The van der Waals surface area contributed by atoms with Gasteiger partial charge in [-0.25, -0.2) is 13.4 Å². The molecule has 6 nitrogen and oxygen atoms in total. The van der Waals surface area contributed by atoms with Crippen LogP contribution in [0.15, 0.2) is 71.8 Å². The van der Waals surface area contributed by atoms with Crippen LogP contribution in [0.1, 0.15) is 11.1 Å². The molecule has 7 heteroatoms. The highest BCUT2D eigenvalue weighted by molar-refractivity contribution is 7.92. The summed E-state index contributed by atoms with van der Waals surface area (Å²) < 4.78 is 33.0. The topological polar surface area (TPSA) is 71.5 Å². The summed E-state index contributed by atoms with van der Waals surface area (Å²) in [4.78, 5) is 6.55. The molecule has 0 aliphatic rings. The Morgan fingerprint density at radius 1 is 1.07 bits per heavy atom. The fourth-order valence-electron chi connectivity index (χ4n) is 2.84. The highest BCUT2D eigenvalue weighted by atomic mass is 32.2. The van der Waals surface area contributed by atoms with Crippen molar-refractivity contribution in [1.82, 2.24) is 4.98 Å². The van der Waals surface area contributed by atoms with E-state index in [0.717, 1.165) is 11.4 Å². The van der Waals surface area contributed by atoms with Crippen LogP contribution >= 0.6 is 0 Å². The molecule has 0 saturated heterocycles. The van der Waals surface area contributed by atoms with E-state index >= 15 is 0 Å². The number of pyridine rings is 1. The lowest BCUT2D eigenvalue weighted by Crippen LogP contribution is -2.18. The largest absolute Gasteiger partial charge is 0.496 e. The predicted octanol–water partition coefficient (Wildman–Crippen LogP) is 3.84. The number of ether oxygens (including phenoxy) is 1. The van der Waals surface area contributed by atoms with Crippen molar-refractivity contribution in [3.63, 3.8) is 0 Å². The van der Waals surface area contributed by atoms with Crippen molar-refractivity contribution < 1.29 is 13.2 Å². The quantitative estimate of drug-likeness (QED) is 0.656. The van der Waals surface area contributed by atoms with E-state index in [2.05, 4.69) is 21.8 Å². The lowest BCUT2D eigenvalue weighted by molar-refractivity contribution is 0.411. The highest BCUT2D eigenvalue weighted by Crippen LogP contribution is 2.23. The number of sulfonamides is 1. The van der Waals surface area contributed by atoms with E-state index in [4.69, 9.17) is 4.74 Å². The molecule has 0 spiro atoms. The Bertz CT molecular complexity index is 1040. The van der Waals surface area contributed by atoms with Gasteiger partial charge in [-0.1, -0.05) is 30.3 Å². The summed E-state index contributed by atoms with van der Waals surface area (Å²) in [6, 6.07) is 18.3. The second-order valence-electron chi connectivity index (χ2n) is 6.48. The molecule has 0 aliphatic carbocycles. The standard InChI is InChI=1S/C21H23N3O3S/c1-16-13-19(10-11-20(16)27-3)28(25,26)23-18-9-12-21(22-14-18)24(2)15-17-7-5-4-6-8-17/h4-14,23H,15H2,1-3H3. The average molecular weight is 398 g/mol. The average Bonchev–Trinajstić information content (AvgIpc) is 2.69. The van der Waals surface area contributed by atoms with Crippen LogP contribution in [0.25, 0.3) is 0 Å². The molecule has 0 atom stereocenters. The van der Waals surface area contributed by atoms with Gasteiger partial charge in [0.1, 0.15) is 11.6 Å². The molecule has 0 aliphatic heterocycles. The number of aromatic nitrogens is 1. The minimum atomic E-state index is -3.70. The second-order valence-corrected chi connectivity index (χ2v) is 8.17. The van der Waals surface area contributed by atoms with Gasteiger partial charge in [0.05, 0.1) is 23.9 Å². The van der Waals surface area contributed by atoms with Gasteiger partial charge < -0.3 is 9.64 Å². The van der Waals surface area contributed by atoms with Crippen molar-refractivity contribution in [2.45, 2.75) is 18.4 Å². The Hall–Kier alpha value is -3.06. The van der Waals surface area contributed by atoms with Crippen molar-refractivity contribution in [3.05, 3.63) is 78.0 Å². The molecular formula is C21H23N3O3S. The number of anilines is 2. The minimum Gasteiger partial charge on any atom is -0.496 e. The summed E-state index contributed by atoms with van der Waals surface area (Å²) in [5.41, 5.74) is 2.33. The summed E-state index contributed by atoms with van der Waals surface area (Å²) >= 11 is 0. The molecule has 1 N–H and O–H groups in total. The summed E-state index contributed by atoms with van der Waals surface area (Å²) in [7, 11) is -0.205. The van der Waals surface area contributed by atoms with E-state index in [1.54, 1.807) is 38.3 Å². The van der Waals surface area contributed by atoms with E-state index in [1.807, 2.05) is 30.1 Å². The Labute approximate surface area is 165 Å². The zero-order valence-corrected chi connectivity index (χ0v) is 16.9. The summed E-state index contributed by atoms with van der Waals surface area (Å²) in [5, 5.41) is 0. The Morgan fingerprint density at radius 2 is 1.82 bits per heavy atom. The lowest BCUT2D eigenvalue weighted by Gasteiger charge is -2.18. The third-order valence-corrected chi connectivity index (χ3v) is 5.71. The molecule has 146 valence electrons. The van der Waals surface area contributed by atoms with Gasteiger partial charge in [-0.15, -0.1) is 0 Å².